The zero-order valence-corrected chi connectivity index (χ0v) is 14.9. The molecule has 4 nitrogen and oxygen atoms in total. The van der Waals surface area contributed by atoms with Gasteiger partial charge in [-0.1, -0.05) is 18.2 Å². The fourth-order valence-electron chi connectivity index (χ4n) is 2.08. The molecule has 0 fully saturated rings. The Labute approximate surface area is 146 Å². The van der Waals surface area contributed by atoms with Gasteiger partial charge in [0.25, 0.3) is 5.91 Å². The molecule has 0 unspecified atom stereocenters. The van der Waals surface area contributed by atoms with E-state index in [2.05, 4.69) is 10.1 Å². The van der Waals surface area contributed by atoms with Crippen molar-refractivity contribution >= 4 is 29.3 Å². The number of nitrogens with one attached hydrogen (secondary N) is 1. The van der Waals surface area contributed by atoms with Crippen molar-refractivity contribution in [2.45, 2.75) is 19.6 Å². The van der Waals surface area contributed by atoms with Crippen molar-refractivity contribution < 1.29 is 14.3 Å². The van der Waals surface area contributed by atoms with Crippen LogP contribution in [-0.4, -0.2) is 24.7 Å². The second-order valence-electron chi connectivity index (χ2n) is 5.52. The van der Waals surface area contributed by atoms with Crippen molar-refractivity contribution in [1.29, 1.82) is 0 Å². The van der Waals surface area contributed by atoms with E-state index in [4.69, 9.17) is 0 Å². The normalized spacial score (nSPS) is 10.3. The number of esters is 1. The van der Waals surface area contributed by atoms with Gasteiger partial charge in [0.15, 0.2) is 0 Å². The van der Waals surface area contributed by atoms with E-state index in [9.17, 15) is 9.59 Å². The Kier molecular flexibility index (Phi) is 6.44. The fourth-order valence-corrected chi connectivity index (χ4v) is 2.90. The molecule has 0 aliphatic carbocycles. The van der Waals surface area contributed by atoms with Crippen LogP contribution >= 0.6 is 11.8 Å². The molecule has 1 N–H and O–H groups in total. The van der Waals surface area contributed by atoms with Crippen LogP contribution in [0.3, 0.4) is 0 Å². The number of ether oxygens (including phenoxy) is 1. The van der Waals surface area contributed by atoms with E-state index in [0.29, 0.717) is 11.3 Å². The Morgan fingerprint density at radius 3 is 2.38 bits per heavy atom. The second kappa shape index (κ2) is 8.55. The lowest BCUT2D eigenvalue weighted by Crippen LogP contribution is -2.12. The lowest BCUT2D eigenvalue weighted by atomic mass is 10.1. The number of anilines is 1. The molecule has 0 aliphatic rings. The topological polar surface area (TPSA) is 55.4 Å². The van der Waals surface area contributed by atoms with Crippen LogP contribution in [0, 0.1) is 13.8 Å². The molecule has 0 radical (unpaired) electrons. The molecule has 2 aromatic rings. The van der Waals surface area contributed by atoms with Gasteiger partial charge in [0.05, 0.1) is 12.9 Å². The first kappa shape index (κ1) is 18.1. The van der Waals surface area contributed by atoms with Crippen LogP contribution < -0.4 is 5.32 Å². The monoisotopic (exact) mass is 343 g/mol. The minimum atomic E-state index is -0.225. The maximum absolute atomic E-state index is 12.3. The van der Waals surface area contributed by atoms with Crippen molar-refractivity contribution in [1.82, 2.24) is 0 Å². The molecule has 5 heteroatoms. The lowest BCUT2D eigenvalue weighted by molar-refractivity contribution is -0.137. The number of rotatable bonds is 6. The average Bonchev–Trinajstić information content (AvgIpc) is 2.58. The number of hydrogen-bond donors (Lipinski definition) is 1. The van der Waals surface area contributed by atoms with Gasteiger partial charge >= 0.3 is 5.97 Å². The highest BCUT2D eigenvalue weighted by atomic mass is 32.2. The minimum Gasteiger partial charge on any atom is -0.468 e. The van der Waals surface area contributed by atoms with Crippen LogP contribution in [0.5, 0.6) is 0 Å². The Morgan fingerprint density at radius 2 is 1.75 bits per heavy atom. The molecule has 0 saturated carbocycles. The zero-order chi connectivity index (χ0) is 17.5. The molecule has 0 spiro atoms. The predicted octanol–water partition coefficient (Wildman–Crippen LogP) is 3.96. The summed E-state index contributed by atoms with van der Waals surface area (Å²) in [5.41, 5.74) is 4.75. The third-order valence-electron chi connectivity index (χ3n) is 3.70. The van der Waals surface area contributed by atoms with E-state index in [1.807, 2.05) is 56.3 Å². The third kappa shape index (κ3) is 5.13. The van der Waals surface area contributed by atoms with E-state index in [-0.39, 0.29) is 11.9 Å². The highest BCUT2D eigenvalue weighted by molar-refractivity contribution is 7.99. The molecule has 0 aliphatic heterocycles. The van der Waals surface area contributed by atoms with Gasteiger partial charge in [-0.3, -0.25) is 9.59 Å². The maximum Gasteiger partial charge on any atom is 0.315 e. The van der Waals surface area contributed by atoms with Crippen LogP contribution in [0.4, 0.5) is 5.69 Å². The molecule has 0 saturated heterocycles. The summed E-state index contributed by atoms with van der Waals surface area (Å²) in [7, 11) is 1.38. The van der Waals surface area contributed by atoms with Crippen LogP contribution in [0.15, 0.2) is 42.5 Å². The number of carbonyl (C=O) groups excluding carboxylic acids is 2. The van der Waals surface area contributed by atoms with Gasteiger partial charge in [-0.25, -0.2) is 0 Å². The largest absolute Gasteiger partial charge is 0.468 e. The second-order valence-corrected chi connectivity index (χ2v) is 6.50. The number of hydrogen-bond acceptors (Lipinski definition) is 4. The highest BCUT2D eigenvalue weighted by Crippen LogP contribution is 2.17. The summed E-state index contributed by atoms with van der Waals surface area (Å²) >= 11 is 1.50. The van der Waals surface area contributed by atoms with Crippen LogP contribution in [0.2, 0.25) is 0 Å². The predicted molar refractivity (Wildman–Crippen MR) is 98.5 cm³/mol. The van der Waals surface area contributed by atoms with Gasteiger partial charge in [-0.05, 0) is 54.8 Å². The third-order valence-corrected chi connectivity index (χ3v) is 4.67. The Balaban J connectivity index is 1.92. The minimum absolute atomic E-state index is 0.120. The molecule has 0 heterocycles. The Hall–Kier alpha value is -2.27. The number of carbonyl (C=O) groups is 2. The van der Waals surface area contributed by atoms with E-state index in [0.717, 1.165) is 22.6 Å². The molecule has 126 valence electrons. The number of thioether (sulfide) groups is 1. The summed E-state index contributed by atoms with van der Waals surface area (Å²) in [4.78, 5) is 23.3. The summed E-state index contributed by atoms with van der Waals surface area (Å²) in [6.07, 6.45) is 0. The van der Waals surface area contributed by atoms with Crippen molar-refractivity contribution in [3.63, 3.8) is 0 Å². The highest BCUT2D eigenvalue weighted by Gasteiger charge is 2.07. The standard InChI is InChI=1S/C19H21NO3S/c1-13-4-7-16(10-14(13)2)19(22)20-17-8-5-15(6-9-17)11-24-12-18(21)23-3/h4-10H,11-12H2,1-3H3,(H,20,22). The summed E-state index contributed by atoms with van der Waals surface area (Å²) in [6.45, 7) is 4.01. The van der Waals surface area contributed by atoms with Crippen LogP contribution in [0.1, 0.15) is 27.0 Å². The molecule has 2 aromatic carbocycles. The number of methoxy groups -OCH3 is 1. The van der Waals surface area contributed by atoms with Crippen molar-refractivity contribution in [3.8, 4) is 0 Å². The van der Waals surface area contributed by atoms with Crippen molar-refractivity contribution in [3.05, 3.63) is 64.7 Å². The summed E-state index contributed by atoms with van der Waals surface area (Å²) in [5, 5.41) is 2.90. The zero-order valence-electron chi connectivity index (χ0n) is 14.1. The van der Waals surface area contributed by atoms with Crippen LogP contribution in [0.25, 0.3) is 0 Å². The first-order chi connectivity index (χ1) is 11.5. The summed E-state index contributed by atoms with van der Waals surface area (Å²) in [5.74, 6) is 0.714. The van der Waals surface area contributed by atoms with Gasteiger partial charge in [-0.15, -0.1) is 11.8 Å². The Bertz CT molecular complexity index is 726. The van der Waals surface area contributed by atoms with E-state index < -0.39 is 0 Å². The van der Waals surface area contributed by atoms with E-state index >= 15 is 0 Å². The molecule has 1 amide bonds. The van der Waals surface area contributed by atoms with E-state index in [1.165, 1.54) is 24.4 Å². The molecular formula is C19H21NO3S. The molecule has 2 rings (SSSR count). The SMILES string of the molecule is COC(=O)CSCc1ccc(NC(=O)c2ccc(C)c(C)c2)cc1. The first-order valence-electron chi connectivity index (χ1n) is 7.61. The first-order valence-corrected chi connectivity index (χ1v) is 8.77. The molecular weight excluding hydrogens is 322 g/mol. The number of benzene rings is 2. The van der Waals surface area contributed by atoms with Crippen LogP contribution in [-0.2, 0) is 15.3 Å². The number of amides is 1. The van der Waals surface area contributed by atoms with Gasteiger partial charge in [-0.2, -0.15) is 0 Å². The molecule has 0 atom stereocenters. The van der Waals surface area contributed by atoms with Gasteiger partial charge < -0.3 is 10.1 Å². The van der Waals surface area contributed by atoms with Gasteiger partial charge in [0.1, 0.15) is 0 Å². The van der Waals surface area contributed by atoms with E-state index in [1.54, 1.807) is 0 Å². The fraction of sp³-hybridized carbons (Fsp3) is 0.263. The van der Waals surface area contributed by atoms with Gasteiger partial charge in [0.2, 0.25) is 0 Å². The van der Waals surface area contributed by atoms with Gasteiger partial charge in [0, 0.05) is 17.0 Å². The Morgan fingerprint density at radius 1 is 1.04 bits per heavy atom. The van der Waals surface area contributed by atoms with Crippen molar-refractivity contribution in [2.75, 3.05) is 18.2 Å². The molecule has 24 heavy (non-hydrogen) atoms. The lowest BCUT2D eigenvalue weighted by Gasteiger charge is -2.08. The summed E-state index contributed by atoms with van der Waals surface area (Å²) in [6, 6.07) is 13.3. The quantitative estimate of drug-likeness (QED) is 0.807. The molecule has 0 bridgehead atoms. The smallest absolute Gasteiger partial charge is 0.315 e. The number of aryl methyl sites for hydroxylation is 2. The summed E-state index contributed by atoms with van der Waals surface area (Å²) < 4.78 is 4.60. The van der Waals surface area contributed by atoms with Crippen molar-refractivity contribution in [2.24, 2.45) is 0 Å². The maximum atomic E-state index is 12.3. The average molecular weight is 343 g/mol. The molecule has 0 aromatic heterocycles.